The van der Waals surface area contributed by atoms with E-state index in [0.29, 0.717) is 22.0 Å². The number of halogens is 1. The highest BCUT2D eigenvalue weighted by atomic mass is 35.5. The molecule has 0 fully saturated rings. The lowest BCUT2D eigenvalue weighted by molar-refractivity contribution is -0.119. The van der Waals surface area contributed by atoms with Crippen LogP contribution >= 0.6 is 22.9 Å². The van der Waals surface area contributed by atoms with Crippen molar-refractivity contribution in [2.24, 2.45) is 0 Å². The van der Waals surface area contributed by atoms with Gasteiger partial charge in [0.05, 0.1) is 24.8 Å². The van der Waals surface area contributed by atoms with Crippen LogP contribution in [0.25, 0.3) is 0 Å². The molecule has 1 N–H and O–H groups in total. The maximum Gasteiger partial charge on any atom is 0.254 e. The number of amides is 2. The first kappa shape index (κ1) is 20.4. The third kappa shape index (κ3) is 3.46. The van der Waals surface area contributed by atoms with E-state index in [2.05, 4.69) is 5.32 Å². The first-order valence-electron chi connectivity index (χ1n) is 9.47. The molecule has 154 valence electrons. The molecular formula is C23H21ClN2O3S. The Morgan fingerprint density at radius 3 is 2.67 bits per heavy atom. The van der Waals surface area contributed by atoms with E-state index in [0.717, 1.165) is 16.0 Å². The molecule has 30 heavy (non-hydrogen) atoms. The van der Waals surface area contributed by atoms with Crippen LogP contribution in [0.2, 0.25) is 5.02 Å². The van der Waals surface area contributed by atoms with Crippen LogP contribution in [0.4, 0.5) is 5.69 Å². The monoisotopic (exact) mass is 440 g/mol. The number of thiophene rings is 1. The Morgan fingerprint density at radius 2 is 1.97 bits per heavy atom. The number of carbonyl (C=O) groups excluding carboxylic acids is 2. The average molecular weight is 441 g/mol. The summed E-state index contributed by atoms with van der Waals surface area (Å²) in [5.41, 5.74) is 2.65. The zero-order valence-electron chi connectivity index (χ0n) is 16.8. The zero-order chi connectivity index (χ0) is 21.4. The predicted molar refractivity (Wildman–Crippen MR) is 120 cm³/mol. The van der Waals surface area contributed by atoms with E-state index in [1.54, 1.807) is 30.1 Å². The average Bonchev–Trinajstić information content (AvgIpc) is 3.27. The number of nitrogens with zero attached hydrogens (tertiary/aromatic N) is 1. The molecule has 0 saturated carbocycles. The largest absolute Gasteiger partial charge is 0.495 e. The third-order valence-corrected chi connectivity index (χ3v) is 6.79. The summed E-state index contributed by atoms with van der Waals surface area (Å²) in [6.45, 7) is 1.87. The maximum atomic E-state index is 13.6. The Morgan fingerprint density at radius 1 is 1.20 bits per heavy atom. The molecule has 0 radical (unpaired) electrons. The van der Waals surface area contributed by atoms with Crippen LogP contribution in [0.5, 0.6) is 5.75 Å². The molecule has 0 aliphatic carbocycles. The van der Waals surface area contributed by atoms with E-state index in [1.165, 1.54) is 18.4 Å². The second-order valence-corrected chi connectivity index (χ2v) is 8.62. The van der Waals surface area contributed by atoms with Gasteiger partial charge in [0.1, 0.15) is 5.75 Å². The Labute approximate surface area is 184 Å². The first-order valence-corrected chi connectivity index (χ1v) is 10.7. The summed E-state index contributed by atoms with van der Waals surface area (Å²) in [5.74, 6) is -0.378. The van der Waals surface area contributed by atoms with Gasteiger partial charge in [-0.1, -0.05) is 35.9 Å². The number of methoxy groups -OCH3 is 1. The molecule has 3 aromatic rings. The molecule has 2 atom stereocenters. The molecule has 0 saturated heterocycles. The minimum atomic E-state index is -0.566. The summed E-state index contributed by atoms with van der Waals surface area (Å²) >= 11 is 7.74. The molecule has 1 aliphatic heterocycles. The van der Waals surface area contributed by atoms with Crippen molar-refractivity contribution >= 4 is 40.4 Å². The molecule has 2 heterocycles. The fraction of sp³-hybridized carbons (Fsp3) is 0.217. The first-order chi connectivity index (χ1) is 14.4. The van der Waals surface area contributed by atoms with Gasteiger partial charge in [-0.2, -0.15) is 0 Å². The Balaban J connectivity index is 1.80. The molecule has 7 heteroatoms. The van der Waals surface area contributed by atoms with Gasteiger partial charge in [0.25, 0.3) is 5.91 Å². The lowest BCUT2D eigenvalue weighted by Crippen LogP contribution is -2.43. The van der Waals surface area contributed by atoms with Crippen molar-refractivity contribution in [3.63, 3.8) is 0 Å². The van der Waals surface area contributed by atoms with E-state index >= 15 is 0 Å². The molecule has 2 amide bonds. The van der Waals surface area contributed by atoms with Crippen LogP contribution in [-0.2, 0) is 4.79 Å². The SMILES string of the molecule is COc1cc(Cl)c(C)cc1NC(=O)C1c2ccccc2C(=O)N(C)C1c1cccs1. The summed E-state index contributed by atoms with van der Waals surface area (Å²) < 4.78 is 5.41. The van der Waals surface area contributed by atoms with Crippen molar-refractivity contribution in [2.45, 2.75) is 18.9 Å². The van der Waals surface area contributed by atoms with E-state index < -0.39 is 12.0 Å². The van der Waals surface area contributed by atoms with Crippen molar-refractivity contribution in [1.29, 1.82) is 0 Å². The molecule has 0 bridgehead atoms. The molecule has 0 spiro atoms. The molecule has 4 rings (SSSR count). The van der Waals surface area contributed by atoms with Gasteiger partial charge in [0, 0.05) is 28.6 Å². The van der Waals surface area contributed by atoms with E-state index in [-0.39, 0.29) is 11.8 Å². The van der Waals surface area contributed by atoms with Gasteiger partial charge in [-0.15, -0.1) is 11.3 Å². The quantitative estimate of drug-likeness (QED) is 0.601. The summed E-state index contributed by atoms with van der Waals surface area (Å²) in [6, 6.07) is 14.3. The number of aryl methyl sites for hydroxylation is 1. The standard InChI is InChI=1S/C23H21ClN2O3S/c1-13-11-17(18(29-3)12-16(13)24)25-22(27)20-14-7-4-5-8-15(14)23(28)26(2)21(20)19-9-6-10-30-19/h4-12,20-21H,1-3H3,(H,25,27). The van der Waals surface area contributed by atoms with Crippen LogP contribution < -0.4 is 10.1 Å². The van der Waals surface area contributed by atoms with Crippen LogP contribution in [-0.4, -0.2) is 30.9 Å². The fourth-order valence-electron chi connectivity index (χ4n) is 3.91. The number of hydrogen-bond donors (Lipinski definition) is 1. The summed E-state index contributed by atoms with van der Waals surface area (Å²) in [4.78, 5) is 29.2. The zero-order valence-corrected chi connectivity index (χ0v) is 18.4. The Kier molecular flexibility index (Phi) is 5.54. The summed E-state index contributed by atoms with van der Waals surface area (Å²) in [6.07, 6.45) is 0. The van der Waals surface area contributed by atoms with Crippen LogP contribution in [0, 0.1) is 6.92 Å². The number of carbonyl (C=O) groups is 2. The Bertz CT molecular complexity index is 1110. The van der Waals surface area contributed by atoms with Gasteiger partial charge < -0.3 is 15.0 Å². The van der Waals surface area contributed by atoms with Gasteiger partial charge in [0.15, 0.2) is 0 Å². The van der Waals surface area contributed by atoms with Gasteiger partial charge in [-0.3, -0.25) is 9.59 Å². The molecule has 2 unspecified atom stereocenters. The number of rotatable bonds is 4. The Hall–Kier alpha value is -2.83. The van der Waals surface area contributed by atoms with Crippen molar-refractivity contribution in [1.82, 2.24) is 4.90 Å². The van der Waals surface area contributed by atoms with Crippen molar-refractivity contribution in [3.8, 4) is 5.75 Å². The second kappa shape index (κ2) is 8.13. The van der Waals surface area contributed by atoms with Crippen LogP contribution in [0.15, 0.2) is 53.9 Å². The minimum absolute atomic E-state index is 0.0898. The van der Waals surface area contributed by atoms with E-state index in [1.807, 2.05) is 42.6 Å². The number of ether oxygens (including phenoxy) is 1. The number of hydrogen-bond acceptors (Lipinski definition) is 4. The van der Waals surface area contributed by atoms with Crippen molar-refractivity contribution in [3.05, 3.63) is 80.5 Å². The van der Waals surface area contributed by atoms with Gasteiger partial charge in [-0.05, 0) is 41.6 Å². The molecule has 2 aromatic carbocycles. The van der Waals surface area contributed by atoms with Crippen LogP contribution in [0.3, 0.4) is 0 Å². The number of fused-ring (bicyclic) bond motifs is 1. The van der Waals surface area contributed by atoms with Gasteiger partial charge in [-0.25, -0.2) is 0 Å². The summed E-state index contributed by atoms with van der Waals surface area (Å²) in [5, 5.41) is 5.53. The molecule has 1 aromatic heterocycles. The molecule has 5 nitrogen and oxygen atoms in total. The number of likely N-dealkylation sites (N-methyl/N-ethyl adjacent to an activating group) is 1. The molecule has 1 aliphatic rings. The van der Waals surface area contributed by atoms with Crippen molar-refractivity contribution < 1.29 is 14.3 Å². The molecular weight excluding hydrogens is 420 g/mol. The lowest BCUT2D eigenvalue weighted by atomic mass is 9.81. The highest BCUT2D eigenvalue weighted by molar-refractivity contribution is 7.10. The van der Waals surface area contributed by atoms with Crippen molar-refractivity contribution in [2.75, 3.05) is 19.5 Å². The van der Waals surface area contributed by atoms with Gasteiger partial charge >= 0.3 is 0 Å². The fourth-order valence-corrected chi connectivity index (χ4v) is 4.97. The normalized spacial score (nSPS) is 18.1. The van der Waals surface area contributed by atoms with Gasteiger partial charge in [0.2, 0.25) is 5.91 Å². The van der Waals surface area contributed by atoms with E-state index in [9.17, 15) is 9.59 Å². The smallest absolute Gasteiger partial charge is 0.254 e. The number of nitrogens with one attached hydrogen (secondary N) is 1. The minimum Gasteiger partial charge on any atom is -0.495 e. The third-order valence-electron chi connectivity index (χ3n) is 5.44. The maximum absolute atomic E-state index is 13.6. The number of benzene rings is 2. The van der Waals surface area contributed by atoms with E-state index in [4.69, 9.17) is 16.3 Å². The van der Waals surface area contributed by atoms with Crippen LogP contribution in [0.1, 0.15) is 38.3 Å². The highest BCUT2D eigenvalue weighted by Gasteiger charge is 2.43. The lowest BCUT2D eigenvalue weighted by Gasteiger charge is -2.39. The topological polar surface area (TPSA) is 58.6 Å². The highest BCUT2D eigenvalue weighted by Crippen LogP contribution is 2.44. The predicted octanol–water partition coefficient (Wildman–Crippen LogP) is 5.27. The summed E-state index contributed by atoms with van der Waals surface area (Å²) in [7, 11) is 3.28. The second-order valence-electron chi connectivity index (χ2n) is 7.23. The number of anilines is 1.